The highest BCUT2D eigenvalue weighted by Crippen LogP contribution is 2.24. The molecule has 1 aliphatic heterocycles. The summed E-state index contributed by atoms with van der Waals surface area (Å²) >= 11 is 0. The Labute approximate surface area is 132 Å². The van der Waals surface area contributed by atoms with E-state index in [0.717, 1.165) is 23.1 Å². The van der Waals surface area contributed by atoms with Crippen molar-refractivity contribution in [3.8, 4) is 0 Å². The summed E-state index contributed by atoms with van der Waals surface area (Å²) in [5.41, 5.74) is 2.35. The van der Waals surface area contributed by atoms with Gasteiger partial charge in [0.2, 0.25) is 0 Å². The largest absolute Gasteiger partial charge is 0.372 e. The Morgan fingerprint density at radius 1 is 1.05 bits per heavy atom. The van der Waals surface area contributed by atoms with Crippen molar-refractivity contribution in [2.24, 2.45) is 0 Å². The van der Waals surface area contributed by atoms with Crippen molar-refractivity contribution in [3.05, 3.63) is 36.2 Å². The lowest BCUT2D eigenvalue weighted by molar-refractivity contribution is 0.949. The topological polar surface area (TPSA) is 44.3 Å². The van der Waals surface area contributed by atoms with Crippen molar-refractivity contribution >= 4 is 23.0 Å². The van der Waals surface area contributed by atoms with Gasteiger partial charge in [-0.15, -0.1) is 0 Å². The molecule has 0 amide bonds. The van der Waals surface area contributed by atoms with Gasteiger partial charge in [-0.25, -0.2) is 9.97 Å². The summed E-state index contributed by atoms with van der Waals surface area (Å²) in [6.45, 7) is 4.25. The molecule has 116 valence electrons. The molecule has 0 spiro atoms. The zero-order valence-electron chi connectivity index (χ0n) is 13.5. The molecule has 3 rings (SSSR count). The van der Waals surface area contributed by atoms with Crippen LogP contribution in [0.5, 0.6) is 0 Å². The molecule has 22 heavy (non-hydrogen) atoms. The van der Waals surface area contributed by atoms with Crippen LogP contribution in [-0.4, -0.2) is 37.2 Å². The highest BCUT2D eigenvalue weighted by atomic mass is 15.2. The van der Waals surface area contributed by atoms with Crippen LogP contribution < -0.4 is 15.1 Å². The molecule has 1 saturated heterocycles. The van der Waals surface area contributed by atoms with E-state index < -0.39 is 0 Å². The lowest BCUT2D eigenvalue weighted by Crippen LogP contribution is -2.17. The van der Waals surface area contributed by atoms with Crippen molar-refractivity contribution in [1.82, 2.24) is 9.97 Å². The first-order valence-corrected chi connectivity index (χ1v) is 7.77. The lowest BCUT2D eigenvalue weighted by atomic mass is 10.2. The van der Waals surface area contributed by atoms with Crippen molar-refractivity contribution in [3.63, 3.8) is 0 Å². The molecular formula is C17H23N5. The normalized spacial score (nSPS) is 14.2. The summed E-state index contributed by atoms with van der Waals surface area (Å²) in [5, 5.41) is 3.36. The average molecular weight is 297 g/mol. The van der Waals surface area contributed by atoms with Gasteiger partial charge in [-0.3, -0.25) is 0 Å². The number of hydrogen-bond acceptors (Lipinski definition) is 5. The number of benzene rings is 1. The van der Waals surface area contributed by atoms with Gasteiger partial charge in [0.15, 0.2) is 0 Å². The Bertz CT molecular complexity index is 630. The Morgan fingerprint density at radius 2 is 1.73 bits per heavy atom. The van der Waals surface area contributed by atoms with Gasteiger partial charge >= 0.3 is 0 Å². The molecule has 0 bridgehead atoms. The van der Waals surface area contributed by atoms with Gasteiger partial charge in [0.25, 0.3) is 0 Å². The van der Waals surface area contributed by atoms with Gasteiger partial charge in [0, 0.05) is 44.6 Å². The van der Waals surface area contributed by atoms with Crippen LogP contribution in [0.2, 0.25) is 0 Å². The third-order valence-corrected chi connectivity index (χ3v) is 3.89. The maximum Gasteiger partial charge on any atom is 0.136 e. The van der Waals surface area contributed by atoms with Gasteiger partial charge < -0.3 is 15.1 Å². The second kappa shape index (κ2) is 6.22. The molecule has 5 heteroatoms. The fraction of sp³-hybridized carbons (Fsp3) is 0.412. The van der Waals surface area contributed by atoms with Crippen molar-refractivity contribution < 1.29 is 0 Å². The van der Waals surface area contributed by atoms with Crippen molar-refractivity contribution in [2.45, 2.75) is 19.8 Å². The molecule has 0 saturated carbocycles. The third kappa shape index (κ3) is 3.30. The smallest absolute Gasteiger partial charge is 0.136 e. The molecule has 2 aromatic rings. The van der Waals surface area contributed by atoms with Gasteiger partial charge in [0.1, 0.15) is 17.5 Å². The van der Waals surface area contributed by atoms with Crippen molar-refractivity contribution in [2.75, 3.05) is 42.3 Å². The fourth-order valence-electron chi connectivity index (χ4n) is 2.72. The van der Waals surface area contributed by atoms with Gasteiger partial charge in [-0.05, 0) is 44.0 Å². The third-order valence-electron chi connectivity index (χ3n) is 3.89. The molecule has 0 radical (unpaired) electrons. The van der Waals surface area contributed by atoms with E-state index in [1.54, 1.807) is 0 Å². The second-order valence-electron chi connectivity index (χ2n) is 5.92. The van der Waals surface area contributed by atoms with Gasteiger partial charge in [-0.1, -0.05) is 0 Å². The summed E-state index contributed by atoms with van der Waals surface area (Å²) in [7, 11) is 3.97. The molecule has 1 aromatic carbocycles. The van der Waals surface area contributed by atoms with Crippen LogP contribution in [0.25, 0.3) is 0 Å². The molecule has 0 aliphatic carbocycles. The first kappa shape index (κ1) is 14.6. The highest BCUT2D eigenvalue weighted by molar-refractivity contribution is 5.62. The minimum Gasteiger partial charge on any atom is -0.372 e. The standard InChI is InChI=1S/C17H23N5/c1-13-18-16(12-17(19-13)21(2)3)20-14-6-8-15(9-7-14)22-10-4-5-11-22/h6-9,12H,4-5,10-11H2,1-3H3,(H,18,19,20). The van der Waals surface area contributed by atoms with Crippen LogP contribution in [0.1, 0.15) is 18.7 Å². The molecular weight excluding hydrogens is 274 g/mol. The molecule has 0 atom stereocenters. The first-order chi connectivity index (χ1) is 10.6. The number of aryl methyl sites for hydroxylation is 1. The zero-order valence-corrected chi connectivity index (χ0v) is 13.5. The average Bonchev–Trinajstić information content (AvgIpc) is 3.01. The molecule has 1 aliphatic rings. The molecule has 1 fully saturated rings. The number of nitrogens with one attached hydrogen (secondary N) is 1. The summed E-state index contributed by atoms with van der Waals surface area (Å²) in [4.78, 5) is 13.3. The van der Waals surface area contributed by atoms with E-state index in [-0.39, 0.29) is 0 Å². The molecule has 0 unspecified atom stereocenters. The predicted octanol–water partition coefficient (Wildman–Crippen LogP) is 3.19. The molecule has 1 N–H and O–H groups in total. The summed E-state index contributed by atoms with van der Waals surface area (Å²) in [6.07, 6.45) is 2.60. The SMILES string of the molecule is Cc1nc(Nc2ccc(N3CCCC3)cc2)cc(N(C)C)n1. The van der Waals surface area contributed by atoms with Crippen LogP contribution in [-0.2, 0) is 0 Å². The number of aromatic nitrogens is 2. The second-order valence-corrected chi connectivity index (χ2v) is 5.92. The number of hydrogen-bond donors (Lipinski definition) is 1. The van der Waals surface area contributed by atoms with Crippen LogP contribution >= 0.6 is 0 Å². The number of nitrogens with zero attached hydrogens (tertiary/aromatic N) is 4. The van der Waals surface area contributed by atoms with Crippen LogP contribution in [0.15, 0.2) is 30.3 Å². The van der Waals surface area contributed by atoms with E-state index in [0.29, 0.717) is 0 Å². The van der Waals surface area contributed by atoms with Gasteiger partial charge in [-0.2, -0.15) is 0 Å². The van der Waals surface area contributed by atoms with Crippen LogP contribution in [0, 0.1) is 6.92 Å². The molecule has 2 heterocycles. The van der Waals surface area contributed by atoms with E-state index >= 15 is 0 Å². The minimum atomic E-state index is 0.766. The Morgan fingerprint density at radius 3 is 2.36 bits per heavy atom. The van der Waals surface area contributed by atoms with E-state index in [4.69, 9.17) is 0 Å². The van der Waals surface area contributed by atoms with E-state index in [1.807, 2.05) is 32.0 Å². The van der Waals surface area contributed by atoms with E-state index in [2.05, 4.69) is 44.5 Å². The first-order valence-electron chi connectivity index (χ1n) is 7.77. The van der Waals surface area contributed by atoms with Crippen LogP contribution in [0.4, 0.5) is 23.0 Å². The predicted molar refractivity (Wildman–Crippen MR) is 92.3 cm³/mol. The quantitative estimate of drug-likeness (QED) is 0.939. The fourth-order valence-corrected chi connectivity index (χ4v) is 2.72. The summed E-state index contributed by atoms with van der Waals surface area (Å²) < 4.78 is 0. The van der Waals surface area contributed by atoms with E-state index in [9.17, 15) is 0 Å². The number of anilines is 4. The number of rotatable bonds is 4. The Hall–Kier alpha value is -2.30. The summed E-state index contributed by atoms with van der Waals surface area (Å²) in [5.74, 6) is 2.50. The van der Waals surface area contributed by atoms with Crippen LogP contribution in [0.3, 0.4) is 0 Å². The Balaban J connectivity index is 1.75. The summed E-state index contributed by atoms with van der Waals surface area (Å²) in [6, 6.07) is 10.5. The maximum atomic E-state index is 4.45. The highest BCUT2D eigenvalue weighted by Gasteiger charge is 2.12. The zero-order chi connectivity index (χ0) is 15.5. The monoisotopic (exact) mass is 297 g/mol. The van der Waals surface area contributed by atoms with Crippen molar-refractivity contribution in [1.29, 1.82) is 0 Å². The molecule has 1 aromatic heterocycles. The lowest BCUT2D eigenvalue weighted by Gasteiger charge is -2.18. The Kier molecular flexibility index (Phi) is 4.13. The minimum absolute atomic E-state index is 0.766. The molecule has 5 nitrogen and oxygen atoms in total. The van der Waals surface area contributed by atoms with Gasteiger partial charge in [0.05, 0.1) is 0 Å². The van der Waals surface area contributed by atoms with E-state index in [1.165, 1.54) is 31.6 Å². The maximum absolute atomic E-state index is 4.45.